The average molecular weight is 375 g/mol. The summed E-state index contributed by atoms with van der Waals surface area (Å²) in [5.74, 6) is 0.790. The van der Waals surface area contributed by atoms with Crippen molar-refractivity contribution in [3.05, 3.63) is 59.8 Å². The van der Waals surface area contributed by atoms with Gasteiger partial charge >= 0.3 is 0 Å². The second kappa shape index (κ2) is 6.74. The van der Waals surface area contributed by atoms with Crippen molar-refractivity contribution < 1.29 is 9.53 Å². The zero-order chi connectivity index (χ0) is 19.1. The molecule has 5 rings (SSSR count). The minimum absolute atomic E-state index is 0.181. The van der Waals surface area contributed by atoms with Crippen molar-refractivity contribution in [3.63, 3.8) is 0 Å². The van der Waals surface area contributed by atoms with Crippen LogP contribution in [0.1, 0.15) is 36.8 Å². The molecule has 2 aromatic rings. The number of aromatic nitrogens is 1. The highest BCUT2D eigenvalue weighted by Gasteiger charge is 2.48. The van der Waals surface area contributed by atoms with Crippen molar-refractivity contribution in [2.45, 2.75) is 43.7 Å². The fourth-order valence-corrected chi connectivity index (χ4v) is 4.91. The van der Waals surface area contributed by atoms with Crippen molar-refractivity contribution in [2.75, 3.05) is 18.6 Å². The molecule has 3 aliphatic rings. The first kappa shape index (κ1) is 17.4. The number of nitrogens with one attached hydrogen (secondary N) is 1. The number of hydrogen-bond donors (Lipinski definition) is 1. The van der Waals surface area contributed by atoms with Crippen LogP contribution in [0.2, 0.25) is 0 Å². The second-order valence-electron chi connectivity index (χ2n) is 8.00. The van der Waals surface area contributed by atoms with E-state index in [-0.39, 0.29) is 5.91 Å². The van der Waals surface area contributed by atoms with Crippen molar-refractivity contribution in [1.29, 1.82) is 0 Å². The lowest BCUT2D eigenvalue weighted by atomic mass is 9.88. The molecule has 0 saturated carbocycles. The van der Waals surface area contributed by atoms with Gasteiger partial charge in [-0.1, -0.05) is 24.3 Å². The van der Waals surface area contributed by atoms with E-state index < -0.39 is 5.54 Å². The number of fused-ring (bicyclic) bond motifs is 3. The summed E-state index contributed by atoms with van der Waals surface area (Å²) < 4.78 is 5.18. The van der Waals surface area contributed by atoms with Crippen LogP contribution in [-0.4, -0.2) is 36.1 Å². The van der Waals surface area contributed by atoms with E-state index in [0.717, 1.165) is 49.9 Å². The molecule has 0 aliphatic carbocycles. The summed E-state index contributed by atoms with van der Waals surface area (Å²) in [4.78, 5) is 20.1. The Labute approximate surface area is 165 Å². The van der Waals surface area contributed by atoms with E-state index in [9.17, 15) is 4.79 Å². The van der Waals surface area contributed by atoms with Gasteiger partial charge in [0, 0.05) is 30.5 Å². The number of anilines is 1. The number of carbonyl (C=O) groups excluding carboxylic acids is 1. The first-order valence-corrected chi connectivity index (χ1v) is 10.1. The lowest BCUT2D eigenvalue weighted by Gasteiger charge is -2.38. The van der Waals surface area contributed by atoms with Crippen LogP contribution in [0.25, 0.3) is 5.57 Å². The van der Waals surface area contributed by atoms with Gasteiger partial charge in [-0.3, -0.25) is 10.1 Å². The number of carbonyl (C=O) groups is 1. The van der Waals surface area contributed by atoms with Crippen molar-refractivity contribution in [3.8, 4) is 5.88 Å². The van der Waals surface area contributed by atoms with Gasteiger partial charge in [0.25, 0.3) is 5.91 Å². The van der Waals surface area contributed by atoms with E-state index in [1.165, 1.54) is 11.1 Å². The average Bonchev–Trinajstić information content (AvgIpc) is 3.07. The van der Waals surface area contributed by atoms with Crippen LogP contribution in [0.5, 0.6) is 5.88 Å². The summed E-state index contributed by atoms with van der Waals surface area (Å²) in [6, 6.07) is 12.6. The van der Waals surface area contributed by atoms with E-state index in [4.69, 9.17) is 4.74 Å². The van der Waals surface area contributed by atoms with Crippen molar-refractivity contribution >= 4 is 17.2 Å². The van der Waals surface area contributed by atoms with Gasteiger partial charge in [-0.25, -0.2) is 4.98 Å². The second-order valence-corrected chi connectivity index (χ2v) is 8.00. The van der Waals surface area contributed by atoms with Crippen molar-refractivity contribution in [2.24, 2.45) is 0 Å². The monoisotopic (exact) mass is 375 g/mol. The largest absolute Gasteiger partial charge is 0.481 e. The third-order valence-corrected chi connectivity index (χ3v) is 6.29. The Morgan fingerprint density at radius 3 is 3.00 bits per heavy atom. The van der Waals surface area contributed by atoms with Gasteiger partial charge in [-0.2, -0.15) is 0 Å². The molecular formula is C23H25N3O2. The third-order valence-electron chi connectivity index (χ3n) is 6.29. The number of benzene rings is 1. The maximum atomic E-state index is 13.8. The van der Waals surface area contributed by atoms with Gasteiger partial charge in [0.2, 0.25) is 5.88 Å². The smallest absolute Gasteiger partial charge is 0.251 e. The predicted molar refractivity (Wildman–Crippen MR) is 109 cm³/mol. The minimum atomic E-state index is -0.609. The number of hydrogen-bond acceptors (Lipinski definition) is 4. The van der Waals surface area contributed by atoms with E-state index in [2.05, 4.69) is 34.6 Å². The summed E-state index contributed by atoms with van der Waals surface area (Å²) in [6.07, 6.45) is 8.87. The highest BCUT2D eigenvalue weighted by atomic mass is 16.5. The van der Waals surface area contributed by atoms with Crippen LogP contribution in [0.15, 0.2) is 48.7 Å². The molecule has 1 amide bonds. The Balaban J connectivity index is 1.50. The van der Waals surface area contributed by atoms with Crippen LogP contribution in [0.4, 0.5) is 5.69 Å². The van der Waals surface area contributed by atoms with Crippen molar-refractivity contribution in [1.82, 2.24) is 10.3 Å². The lowest BCUT2D eigenvalue weighted by Crippen LogP contribution is -2.57. The number of nitrogens with zero attached hydrogens (tertiary/aromatic N) is 2. The Morgan fingerprint density at radius 2 is 2.18 bits per heavy atom. The number of ether oxygens (including phenoxy) is 1. The van der Waals surface area contributed by atoms with E-state index in [0.29, 0.717) is 11.9 Å². The molecule has 1 saturated heterocycles. The molecule has 0 spiro atoms. The van der Waals surface area contributed by atoms with Crippen LogP contribution in [0.3, 0.4) is 0 Å². The molecule has 2 unspecified atom stereocenters. The summed E-state index contributed by atoms with van der Waals surface area (Å²) in [6.45, 7) is 0.789. The molecule has 2 atom stereocenters. The SMILES string of the molecule is COc1ccc(C2=CC3(C(=O)N4CCCc5ccccc54)CCC(C2)N3)cn1. The van der Waals surface area contributed by atoms with E-state index in [1.54, 1.807) is 7.11 Å². The van der Waals surface area contributed by atoms with E-state index in [1.807, 2.05) is 29.3 Å². The molecule has 1 N–H and O–H groups in total. The Bertz CT molecular complexity index is 937. The number of para-hydroxylation sites is 1. The van der Waals surface area contributed by atoms with Gasteiger partial charge in [0.15, 0.2) is 0 Å². The fraction of sp³-hybridized carbons (Fsp3) is 0.391. The molecule has 144 valence electrons. The summed E-state index contributed by atoms with van der Waals surface area (Å²) in [7, 11) is 1.62. The number of rotatable bonds is 3. The molecule has 4 heterocycles. The molecule has 5 heteroatoms. The molecule has 0 radical (unpaired) electrons. The maximum Gasteiger partial charge on any atom is 0.251 e. The van der Waals surface area contributed by atoms with Crippen LogP contribution < -0.4 is 15.0 Å². The van der Waals surface area contributed by atoms with Gasteiger partial charge < -0.3 is 9.64 Å². The van der Waals surface area contributed by atoms with Gasteiger partial charge in [-0.15, -0.1) is 0 Å². The van der Waals surface area contributed by atoms with Crippen LogP contribution in [-0.2, 0) is 11.2 Å². The molecule has 1 aromatic carbocycles. The highest BCUT2D eigenvalue weighted by Crippen LogP contribution is 2.41. The predicted octanol–water partition coefficient (Wildman–Crippen LogP) is 3.35. The summed E-state index contributed by atoms with van der Waals surface area (Å²) in [5, 5.41) is 3.64. The third kappa shape index (κ3) is 2.81. The molecule has 1 fully saturated rings. The molecule has 2 bridgehead atoms. The number of amides is 1. The number of methoxy groups -OCH3 is 1. The molecule has 3 aliphatic heterocycles. The lowest BCUT2D eigenvalue weighted by molar-refractivity contribution is -0.123. The number of aryl methyl sites for hydroxylation is 1. The first-order chi connectivity index (χ1) is 13.7. The topological polar surface area (TPSA) is 54.5 Å². The zero-order valence-electron chi connectivity index (χ0n) is 16.1. The Morgan fingerprint density at radius 1 is 1.29 bits per heavy atom. The minimum Gasteiger partial charge on any atom is -0.481 e. The van der Waals surface area contributed by atoms with Gasteiger partial charge in [0.05, 0.1) is 7.11 Å². The molecular weight excluding hydrogens is 350 g/mol. The quantitative estimate of drug-likeness (QED) is 0.894. The Hall–Kier alpha value is -2.66. The first-order valence-electron chi connectivity index (χ1n) is 10.1. The van der Waals surface area contributed by atoms with Crippen LogP contribution in [0, 0.1) is 0 Å². The molecule has 5 nitrogen and oxygen atoms in total. The highest BCUT2D eigenvalue weighted by molar-refractivity contribution is 6.04. The molecule has 28 heavy (non-hydrogen) atoms. The van der Waals surface area contributed by atoms with Gasteiger partial charge in [0.1, 0.15) is 5.54 Å². The standard InChI is InChI=1S/C23H25N3O2/c1-28-21-9-8-17(15-24-21)18-13-19-10-11-23(14-18,25-19)22(27)26-12-4-6-16-5-2-3-7-20(16)26/h2-3,5,7-9,14-15,19,25H,4,6,10-13H2,1H3. The Kier molecular flexibility index (Phi) is 4.20. The molecule has 1 aromatic heterocycles. The zero-order valence-corrected chi connectivity index (χ0v) is 16.1. The maximum absolute atomic E-state index is 13.8. The summed E-state index contributed by atoms with van der Waals surface area (Å²) >= 11 is 0. The van der Waals surface area contributed by atoms with E-state index >= 15 is 0 Å². The summed E-state index contributed by atoms with van der Waals surface area (Å²) in [5.41, 5.74) is 4.01. The van der Waals surface area contributed by atoms with Gasteiger partial charge in [-0.05, 0) is 60.9 Å². The normalized spacial score (nSPS) is 25.8. The van der Waals surface area contributed by atoms with Crippen LogP contribution >= 0.6 is 0 Å². The fourth-order valence-electron chi connectivity index (χ4n) is 4.91. The number of pyridine rings is 1.